The van der Waals surface area contributed by atoms with E-state index in [9.17, 15) is 9.59 Å². The molecule has 1 fully saturated rings. The molecule has 0 aliphatic carbocycles. The molecule has 0 aromatic heterocycles. The van der Waals surface area contributed by atoms with Gasteiger partial charge in [0.05, 0.1) is 17.3 Å². The molecule has 2 amide bonds. The molecule has 0 saturated carbocycles. The molecule has 8 nitrogen and oxygen atoms in total. The van der Waals surface area contributed by atoms with Crippen molar-refractivity contribution in [3.63, 3.8) is 0 Å². The SMILES string of the molecule is CN1CC(NC(=O)CO/N=C2/C(=C3/C(=O)Nc4ccccc43)Nc3ccccc32)C1. The van der Waals surface area contributed by atoms with Gasteiger partial charge in [0, 0.05) is 35.6 Å². The van der Waals surface area contributed by atoms with Gasteiger partial charge in [-0.1, -0.05) is 41.6 Å². The van der Waals surface area contributed by atoms with Crippen molar-refractivity contribution < 1.29 is 14.4 Å². The fourth-order valence-corrected chi connectivity index (χ4v) is 3.98. The standard InChI is InChI=1S/C22H21N5O3/c1-27-10-13(11-27)23-18(28)12-30-26-20-15-7-3-5-9-17(15)24-21(20)19-14-6-2-4-8-16(14)25-22(19)29/h2-9,13,24H,10-12H2,1H3,(H,23,28)(H,25,29)/b21-19-,26-20+. The Morgan fingerprint density at radius 1 is 1.10 bits per heavy atom. The van der Waals surface area contributed by atoms with Gasteiger partial charge >= 0.3 is 0 Å². The highest BCUT2D eigenvalue weighted by atomic mass is 16.6. The summed E-state index contributed by atoms with van der Waals surface area (Å²) in [6.07, 6.45) is 0. The Morgan fingerprint density at radius 2 is 1.77 bits per heavy atom. The molecule has 2 aromatic rings. The maximum Gasteiger partial charge on any atom is 0.261 e. The predicted molar refractivity (Wildman–Crippen MR) is 114 cm³/mol. The lowest BCUT2D eigenvalue weighted by atomic mass is 10.0. The van der Waals surface area contributed by atoms with Gasteiger partial charge in [0.25, 0.3) is 11.8 Å². The molecule has 152 valence electrons. The Labute approximate surface area is 173 Å². The van der Waals surface area contributed by atoms with E-state index in [4.69, 9.17) is 4.84 Å². The van der Waals surface area contributed by atoms with E-state index >= 15 is 0 Å². The zero-order valence-electron chi connectivity index (χ0n) is 16.4. The van der Waals surface area contributed by atoms with Gasteiger partial charge in [0.2, 0.25) is 0 Å². The van der Waals surface area contributed by atoms with Gasteiger partial charge in [-0.05, 0) is 19.2 Å². The second-order valence-corrected chi connectivity index (χ2v) is 7.62. The first-order chi connectivity index (χ1) is 14.6. The van der Waals surface area contributed by atoms with Crippen LogP contribution in [-0.4, -0.2) is 55.2 Å². The van der Waals surface area contributed by atoms with Crippen LogP contribution < -0.4 is 16.0 Å². The number of allylic oxidation sites excluding steroid dienone is 1. The molecule has 30 heavy (non-hydrogen) atoms. The number of likely N-dealkylation sites (tertiary alicyclic amines) is 1. The zero-order chi connectivity index (χ0) is 20.7. The Balaban J connectivity index is 1.43. The number of fused-ring (bicyclic) bond motifs is 2. The van der Waals surface area contributed by atoms with Crippen LogP contribution in [0.15, 0.2) is 59.4 Å². The summed E-state index contributed by atoms with van der Waals surface area (Å²) >= 11 is 0. The first kappa shape index (κ1) is 18.4. The van der Waals surface area contributed by atoms with E-state index < -0.39 is 0 Å². The minimum atomic E-state index is -0.213. The Morgan fingerprint density at radius 3 is 2.50 bits per heavy atom. The number of amides is 2. The molecule has 0 radical (unpaired) electrons. The van der Waals surface area contributed by atoms with E-state index in [1.54, 1.807) is 0 Å². The summed E-state index contributed by atoms with van der Waals surface area (Å²) in [6, 6.07) is 15.3. The third-order valence-corrected chi connectivity index (χ3v) is 5.38. The highest BCUT2D eigenvalue weighted by molar-refractivity contribution is 6.39. The van der Waals surface area contributed by atoms with E-state index in [1.807, 2.05) is 55.6 Å². The molecule has 1 saturated heterocycles. The Hall–Kier alpha value is -3.65. The maximum atomic E-state index is 12.7. The minimum Gasteiger partial charge on any atom is -0.385 e. The normalized spacial score (nSPS) is 21.5. The maximum absolute atomic E-state index is 12.7. The highest BCUT2D eigenvalue weighted by Gasteiger charge is 2.34. The first-order valence-corrected chi connectivity index (χ1v) is 9.80. The minimum absolute atomic E-state index is 0.156. The fraction of sp³-hybridized carbons (Fsp3) is 0.227. The van der Waals surface area contributed by atoms with Crippen molar-refractivity contribution in [3.05, 3.63) is 65.4 Å². The second kappa shape index (κ2) is 7.31. The van der Waals surface area contributed by atoms with Crippen LogP contribution in [0.5, 0.6) is 0 Å². The number of benzene rings is 2. The quantitative estimate of drug-likeness (QED) is 0.533. The van der Waals surface area contributed by atoms with E-state index in [0.717, 1.165) is 35.6 Å². The molecular weight excluding hydrogens is 382 g/mol. The van der Waals surface area contributed by atoms with Gasteiger partial charge in [-0.2, -0.15) is 0 Å². The molecule has 2 aromatic carbocycles. The van der Waals surface area contributed by atoms with Crippen molar-refractivity contribution in [2.75, 3.05) is 37.4 Å². The number of nitrogens with one attached hydrogen (secondary N) is 3. The third-order valence-electron chi connectivity index (χ3n) is 5.38. The molecule has 0 atom stereocenters. The lowest BCUT2D eigenvalue weighted by Crippen LogP contribution is -2.58. The van der Waals surface area contributed by atoms with Crippen molar-refractivity contribution in [2.45, 2.75) is 6.04 Å². The summed E-state index contributed by atoms with van der Waals surface area (Å²) in [5, 5.41) is 13.3. The first-order valence-electron chi connectivity index (χ1n) is 9.80. The molecule has 3 aliphatic rings. The van der Waals surface area contributed by atoms with Crippen LogP contribution in [-0.2, 0) is 14.4 Å². The van der Waals surface area contributed by atoms with Crippen LogP contribution in [0.25, 0.3) is 5.57 Å². The summed E-state index contributed by atoms with van der Waals surface area (Å²) in [6.45, 7) is 1.49. The van der Waals surface area contributed by atoms with Crippen LogP contribution >= 0.6 is 0 Å². The van der Waals surface area contributed by atoms with E-state index in [-0.39, 0.29) is 24.5 Å². The van der Waals surface area contributed by atoms with Gasteiger partial charge in [0.15, 0.2) is 6.61 Å². The lowest BCUT2D eigenvalue weighted by molar-refractivity contribution is -0.127. The molecule has 0 bridgehead atoms. The van der Waals surface area contributed by atoms with Gasteiger partial charge < -0.3 is 25.7 Å². The zero-order valence-corrected chi connectivity index (χ0v) is 16.4. The number of carbonyl (C=O) groups excluding carboxylic acids is 2. The van der Waals surface area contributed by atoms with Gasteiger partial charge in [-0.25, -0.2) is 0 Å². The second-order valence-electron chi connectivity index (χ2n) is 7.62. The number of rotatable bonds is 4. The predicted octanol–water partition coefficient (Wildman–Crippen LogP) is 1.63. The highest BCUT2D eigenvalue weighted by Crippen LogP contribution is 2.38. The van der Waals surface area contributed by atoms with E-state index in [1.165, 1.54) is 0 Å². The van der Waals surface area contributed by atoms with Crippen LogP contribution in [0.2, 0.25) is 0 Å². The van der Waals surface area contributed by atoms with E-state index in [2.05, 4.69) is 26.0 Å². The molecule has 3 N–H and O–H groups in total. The average Bonchev–Trinajstić information content (AvgIpc) is 3.23. The largest absolute Gasteiger partial charge is 0.385 e. The molecule has 0 unspecified atom stereocenters. The summed E-state index contributed by atoms with van der Waals surface area (Å²) in [5.41, 5.74) is 4.79. The lowest BCUT2D eigenvalue weighted by Gasteiger charge is -2.36. The number of hydrogen-bond acceptors (Lipinski definition) is 6. The van der Waals surface area contributed by atoms with Crippen molar-refractivity contribution in [1.29, 1.82) is 0 Å². The number of hydrogen-bond donors (Lipinski definition) is 3. The van der Waals surface area contributed by atoms with Crippen molar-refractivity contribution in [1.82, 2.24) is 10.2 Å². The summed E-state index contributed by atoms with van der Waals surface area (Å²) in [7, 11) is 2.00. The number of likely N-dealkylation sites (N-methyl/N-ethyl adjacent to an activating group) is 1. The summed E-state index contributed by atoms with van der Waals surface area (Å²) in [5.74, 6) is -0.416. The van der Waals surface area contributed by atoms with Gasteiger partial charge in [-0.3, -0.25) is 9.59 Å². The fourth-order valence-electron chi connectivity index (χ4n) is 3.98. The van der Waals surface area contributed by atoms with Crippen molar-refractivity contribution >= 4 is 34.5 Å². The number of oxime groups is 1. The molecule has 8 heteroatoms. The van der Waals surface area contributed by atoms with Gasteiger partial charge in [-0.15, -0.1) is 0 Å². The molecule has 0 spiro atoms. The Kier molecular flexibility index (Phi) is 4.48. The number of nitrogens with zero attached hydrogens (tertiary/aromatic N) is 2. The van der Waals surface area contributed by atoms with Gasteiger partial charge in [0.1, 0.15) is 5.71 Å². The van der Waals surface area contributed by atoms with Crippen LogP contribution in [0.4, 0.5) is 11.4 Å². The molecule has 5 rings (SSSR count). The topological polar surface area (TPSA) is 95.1 Å². The van der Waals surface area contributed by atoms with Crippen molar-refractivity contribution in [3.8, 4) is 0 Å². The number of anilines is 2. The Bertz CT molecular complexity index is 1100. The van der Waals surface area contributed by atoms with Crippen LogP contribution in [0.1, 0.15) is 11.1 Å². The average molecular weight is 403 g/mol. The monoisotopic (exact) mass is 403 g/mol. The number of carbonyl (C=O) groups is 2. The summed E-state index contributed by atoms with van der Waals surface area (Å²) < 4.78 is 0. The summed E-state index contributed by atoms with van der Waals surface area (Å²) in [4.78, 5) is 32.3. The number of para-hydroxylation sites is 2. The molecular formula is C22H21N5O3. The molecule has 3 heterocycles. The van der Waals surface area contributed by atoms with Crippen LogP contribution in [0.3, 0.4) is 0 Å². The third kappa shape index (κ3) is 3.21. The molecule has 3 aliphatic heterocycles. The van der Waals surface area contributed by atoms with E-state index in [0.29, 0.717) is 17.0 Å². The smallest absolute Gasteiger partial charge is 0.261 e. The van der Waals surface area contributed by atoms with Crippen molar-refractivity contribution in [2.24, 2.45) is 5.16 Å². The van der Waals surface area contributed by atoms with Crippen LogP contribution in [0, 0.1) is 0 Å².